The Balaban J connectivity index is 3.04. The van der Waals surface area contributed by atoms with Crippen molar-refractivity contribution in [3.8, 4) is 0 Å². The molecule has 1 rings (SSSR count). The van der Waals surface area contributed by atoms with Crippen LogP contribution in [0.15, 0.2) is 24.3 Å². The molecule has 0 aliphatic carbocycles. The first kappa shape index (κ1) is 9.92. The first-order valence-corrected chi connectivity index (χ1v) is 4.48. The summed E-state index contributed by atoms with van der Waals surface area (Å²) in [6.45, 7) is 0. The molecule has 0 spiro atoms. The summed E-state index contributed by atoms with van der Waals surface area (Å²) in [4.78, 5) is 10.8. The molecule has 1 unspecified atom stereocenters. The highest BCUT2D eigenvalue weighted by Crippen LogP contribution is 2.23. The molecule has 0 amide bonds. The van der Waals surface area contributed by atoms with Crippen molar-refractivity contribution >= 4 is 24.3 Å². The highest BCUT2D eigenvalue weighted by atomic mass is 32.1. The number of carboxylic acid groups (broad SMARTS) is 1. The average Bonchev–Trinajstić information content (AvgIpc) is 2.09. The Morgan fingerprint density at radius 1 is 1.54 bits per heavy atom. The van der Waals surface area contributed by atoms with E-state index >= 15 is 0 Å². The quantitative estimate of drug-likeness (QED) is 0.506. The van der Waals surface area contributed by atoms with Crippen LogP contribution >= 0.6 is 12.6 Å². The second kappa shape index (κ2) is 4.18. The van der Waals surface area contributed by atoms with E-state index in [0.29, 0.717) is 11.3 Å². The summed E-state index contributed by atoms with van der Waals surface area (Å²) >= 11 is 3.98. The predicted molar refractivity (Wildman–Crippen MR) is 55.1 cm³/mol. The number of nitrogens with two attached hydrogens (primary N) is 1. The SMILES string of the molecule is Nc1ccccc1C(CS)C(=O)O. The standard InChI is InChI=1S/C9H11NO2S/c10-8-4-2-1-3-6(8)7(5-13)9(11)12/h1-4,7,13H,5,10H2,(H,11,12). The number of rotatable bonds is 3. The van der Waals surface area contributed by atoms with Crippen molar-refractivity contribution in [1.82, 2.24) is 0 Å². The van der Waals surface area contributed by atoms with Crippen LogP contribution in [0.3, 0.4) is 0 Å². The van der Waals surface area contributed by atoms with Gasteiger partial charge in [0.15, 0.2) is 0 Å². The van der Waals surface area contributed by atoms with Crippen molar-refractivity contribution in [1.29, 1.82) is 0 Å². The molecule has 0 saturated heterocycles. The monoisotopic (exact) mass is 197 g/mol. The topological polar surface area (TPSA) is 63.3 Å². The maximum absolute atomic E-state index is 10.8. The van der Waals surface area contributed by atoms with Crippen LogP contribution in [0.25, 0.3) is 0 Å². The Morgan fingerprint density at radius 2 is 2.15 bits per heavy atom. The molecule has 13 heavy (non-hydrogen) atoms. The van der Waals surface area contributed by atoms with Crippen molar-refractivity contribution in [3.63, 3.8) is 0 Å². The fourth-order valence-corrected chi connectivity index (χ4v) is 1.49. The van der Waals surface area contributed by atoms with Gasteiger partial charge in [-0.25, -0.2) is 0 Å². The van der Waals surface area contributed by atoms with Crippen LogP contribution in [-0.4, -0.2) is 16.8 Å². The number of carbonyl (C=O) groups is 1. The number of anilines is 1. The molecule has 1 atom stereocenters. The van der Waals surface area contributed by atoms with Gasteiger partial charge >= 0.3 is 5.97 Å². The molecule has 0 aromatic heterocycles. The summed E-state index contributed by atoms with van der Waals surface area (Å²) in [5, 5.41) is 8.85. The van der Waals surface area contributed by atoms with Gasteiger partial charge in [0.05, 0.1) is 5.92 Å². The zero-order valence-electron chi connectivity index (χ0n) is 6.97. The minimum Gasteiger partial charge on any atom is -0.481 e. The molecule has 0 bridgehead atoms. The highest BCUT2D eigenvalue weighted by Gasteiger charge is 2.19. The predicted octanol–water partition coefficient (Wildman–Crippen LogP) is 1.37. The van der Waals surface area contributed by atoms with Crippen molar-refractivity contribution in [3.05, 3.63) is 29.8 Å². The normalized spacial score (nSPS) is 12.4. The molecular formula is C9H11NO2S. The summed E-state index contributed by atoms with van der Waals surface area (Å²) in [7, 11) is 0. The minimum atomic E-state index is -0.895. The van der Waals surface area contributed by atoms with Crippen molar-refractivity contribution in [2.24, 2.45) is 0 Å². The molecule has 1 aromatic carbocycles. The Morgan fingerprint density at radius 3 is 2.62 bits per heavy atom. The fourth-order valence-electron chi connectivity index (χ4n) is 1.14. The molecule has 0 saturated carbocycles. The van der Waals surface area contributed by atoms with Crippen LogP contribution in [0, 0.1) is 0 Å². The third-order valence-corrected chi connectivity index (χ3v) is 2.22. The number of hydrogen-bond donors (Lipinski definition) is 3. The van der Waals surface area contributed by atoms with Crippen molar-refractivity contribution in [2.75, 3.05) is 11.5 Å². The number of hydrogen-bond acceptors (Lipinski definition) is 3. The lowest BCUT2D eigenvalue weighted by Crippen LogP contribution is -2.14. The maximum atomic E-state index is 10.8. The van der Waals surface area contributed by atoms with Gasteiger partial charge in [-0.05, 0) is 11.6 Å². The van der Waals surface area contributed by atoms with E-state index in [9.17, 15) is 4.79 Å². The highest BCUT2D eigenvalue weighted by molar-refractivity contribution is 7.80. The molecule has 3 N–H and O–H groups in total. The van der Waals surface area contributed by atoms with Gasteiger partial charge in [-0.1, -0.05) is 18.2 Å². The molecule has 0 aliphatic rings. The lowest BCUT2D eigenvalue weighted by Gasteiger charge is -2.11. The minimum absolute atomic E-state index is 0.254. The molecule has 3 nitrogen and oxygen atoms in total. The Hall–Kier alpha value is -1.16. The lowest BCUT2D eigenvalue weighted by molar-refractivity contribution is -0.138. The van der Waals surface area contributed by atoms with Crippen molar-refractivity contribution in [2.45, 2.75) is 5.92 Å². The zero-order valence-corrected chi connectivity index (χ0v) is 7.87. The van der Waals surface area contributed by atoms with E-state index in [4.69, 9.17) is 10.8 Å². The summed E-state index contributed by atoms with van der Waals surface area (Å²) < 4.78 is 0. The van der Waals surface area contributed by atoms with Crippen LogP contribution in [0.1, 0.15) is 11.5 Å². The first-order chi connectivity index (χ1) is 6.16. The number of para-hydroxylation sites is 1. The molecule has 0 radical (unpaired) electrons. The number of carboxylic acids is 1. The Kier molecular flexibility index (Phi) is 3.19. The largest absolute Gasteiger partial charge is 0.481 e. The number of benzene rings is 1. The van der Waals surface area contributed by atoms with Crippen LogP contribution < -0.4 is 5.73 Å². The van der Waals surface area contributed by atoms with Gasteiger partial charge in [0, 0.05) is 11.4 Å². The summed E-state index contributed by atoms with van der Waals surface area (Å²) in [6, 6.07) is 6.94. The third-order valence-electron chi connectivity index (χ3n) is 1.85. The molecule has 70 valence electrons. The molecule has 1 aromatic rings. The molecule has 4 heteroatoms. The fraction of sp³-hybridized carbons (Fsp3) is 0.222. The van der Waals surface area contributed by atoms with Gasteiger partial charge in [-0.3, -0.25) is 4.79 Å². The first-order valence-electron chi connectivity index (χ1n) is 3.85. The van der Waals surface area contributed by atoms with Gasteiger partial charge in [-0.15, -0.1) is 0 Å². The van der Waals surface area contributed by atoms with E-state index in [2.05, 4.69) is 12.6 Å². The van der Waals surface area contributed by atoms with E-state index in [-0.39, 0.29) is 5.75 Å². The Bertz CT molecular complexity index is 314. The van der Waals surface area contributed by atoms with Crippen molar-refractivity contribution < 1.29 is 9.90 Å². The summed E-state index contributed by atoms with van der Waals surface area (Å²) in [5.74, 6) is -1.26. The van der Waals surface area contributed by atoms with Gasteiger partial charge in [-0.2, -0.15) is 12.6 Å². The van der Waals surface area contributed by atoms with Gasteiger partial charge in [0.25, 0.3) is 0 Å². The van der Waals surface area contributed by atoms with Crippen LogP contribution in [-0.2, 0) is 4.79 Å². The number of aliphatic carboxylic acids is 1. The van der Waals surface area contributed by atoms with Crippen LogP contribution in [0.4, 0.5) is 5.69 Å². The lowest BCUT2D eigenvalue weighted by atomic mass is 9.99. The second-order valence-corrected chi connectivity index (χ2v) is 3.07. The van der Waals surface area contributed by atoms with E-state index < -0.39 is 11.9 Å². The molecule has 0 heterocycles. The van der Waals surface area contributed by atoms with Crippen LogP contribution in [0.2, 0.25) is 0 Å². The molecule has 0 aliphatic heterocycles. The maximum Gasteiger partial charge on any atom is 0.311 e. The van der Waals surface area contributed by atoms with Gasteiger partial charge < -0.3 is 10.8 Å². The van der Waals surface area contributed by atoms with E-state index in [1.165, 1.54) is 0 Å². The van der Waals surface area contributed by atoms with E-state index in [0.717, 1.165) is 0 Å². The Labute approximate surface area is 82.0 Å². The van der Waals surface area contributed by atoms with E-state index in [1.54, 1.807) is 24.3 Å². The zero-order chi connectivity index (χ0) is 9.84. The molecule has 0 fully saturated rings. The smallest absolute Gasteiger partial charge is 0.311 e. The number of thiol groups is 1. The second-order valence-electron chi connectivity index (χ2n) is 2.70. The van der Waals surface area contributed by atoms with Gasteiger partial charge in [0.1, 0.15) is 0 Å². The van der Waals surface area contributed by atoms with E-state index in [1.807, 2.05) is 0 Å². The van der Waals surface area contributed by atoms with Crippen LogP contribution in [0.5, 0.6) is 0 Å². The third kappa shape index (κ3) is 2.15. The number of nitrogen functional groups attached to an aromatic ring is 1. The average molecular weight is 197 g/mol. The van der Waals surface area contributed by atoms with Gasteiger partial charge in [0.2, 0.25) is 0 Å². The molecular weight excluding hydrogens is 186 g/mol. The summed E-state index contributed by atoms with van der Waals surface area (Å²) in [5.41, 5.74) is 6.77. The summed E-state index contributed by atoms with van der Waals surface area (Å²) in [6.07, 6.45) is 0.